The van der Waals surface area contributed by atoms with Crippen molar-refractivity contribution < 1.29 is 14.1 Å². The van der Waals surface area contributed by atoms with Crippen molar-refractivity contribution in [3.8, 4) is 22.3 Å². The Labute approximate surface area is 496 Å². The van der Waals surface area contributed by atoms with E-state index in [2.05, 4.69) is 203 Å². The van der Waals surface area contributed by atoms with Crippen molar-refractivity contribution in [3.05, 3.63) is 175 Å². The zero-order valence-corrected chi connectivity index (χ0v) is 51.6. The first-order valence-corrected chi connectivity index (χ1v) is 31.2. The Morgan fingerprint density at radius 1 is 0.613 bits per heavy atom. The van der Waals surface area contributed by atoms with Gasteiger partial charge in [-0.3, -0.25) is 24.7 Å². The van der Waals surface area contributed by atoms with Gasteiger partial charge >= 0.3 is 7.12 Å². The first-order chi connectivity index (χ1) is 38.4. The maximum atomic E-state index is 11.7. The highest BCUT2D eigenvalue weighted by Crippen LogP contribution is 2.39. The summed E-state index contributed by atoms with van der Waals surface area (Å²) in [6.45, 7) is 20.1. The summed E-state index contributed by atoms with van der Waals surface area (Å²) in [6, 6.07) is 34.2. The standard InChI is InChI=1S/C23H22N4OS.C17H11ClN2S.C15H19BO2S.C9H7BrS/c1-14-13-29-22-4-3-16(9-19(14)22)20-10-18(11-21-23(20)25-7-6-24-21)26-17-5-8-27(12-17)15(2)28;1-10-9-21-16-3-2-11(6-13(10)16)14-7-12(18)8-15-17(14)20-5-4-19-15;1-10-9-19-13-7-6-11(8-12(10)13)16-17-14(2,3)15(4,5)18-16;1-6-5-11-9-3-2-7(10)4-8(6)9/h3-4,6-7,9-11,13,17,26H,5,8,12H2,1-2H3;2-9H,1H3;6-9H,1-5H3;2-5H,1H3. The van der Waals surface area contributed by atoms with E-state index in [-0.39, 0.29) is 30.3 Å². The third-order valence-corrected chi connectivity index (χ3v) is 20.4. The Balaban J connectivity index is 0.000000118. The molecule has 0 spiro atoms. The van der Waals surface area contributed by atoms with E-state index in [1.54, 1.807) is 77.1 Å². The van der Waals surface area contributed by atoms with Gasteiger partial charge in [0.2, 0.25) is 5.91 Å². The van der Waals surface area contributed by atoms with Gasteiger partial charge in [-0.15, -0.1) is 45.3 Å². The van der Waals surface area contributed by atoms with Crippen molar-refractivity contribution in [3.63, 3.8) is 0 Å². The number of carbonyl (C=O) groups excluding carboxylic acids is 1. The normalized spacial score (nSPS) is 15.5. The number of aromatic nitrogens is 4. The number of likely N-dealkylation sites (tertiary alicyclic amines) is 1. The van der Waals surface area contributed by atoms with E-state index in [9.17, 15) is 4.79 Å². The molecule has 8 heterocycles. The summed E-state index contributed by atoms with van der Waals surface area (Å²) >= 11 is 16.8. The predicted molar refractivity (Wildman–Crippen MR) is 346 cm³/mol. The van der Waals surface area contributed by atoms with E-state index in [0.717, 1.165) is 79.5 Å². The van der Waals surface area contributed by atoms with Gasteiger partial charge in [0, 0.05) is 96.0 Å². The quantitative estimate of drug-likeness (QED) is 0.170. The van der Waals surface area contributed by atoms with Crippen LogP contribution in [0.4, 0.5) is 5.69 Å². The molecule has 14 rings (SSSR count). The third kappa shape index (κ3) is 11.7. The van der Waals surface area contributed by atoms with Crippen molar-refractivity contribution in [2.24, 2.45) is 0 Å². The highest BCUT2D eigenvalue weighted by atomic mass is 79.9. The highest BCUT2D eigenvalue weighted by Gasteiger charge is 2.51. The molecule has 1 unspecified atom stereocenters. The molecule has 2 aliphatic heterocycles. The van der Waals surface area contributed by atoms with Crippen LogP contribution in [-0.2, 0) is 14.1 Å². The minimum atomic E-state index is -0.281. The van der Waals surface area contributed by atoms with Gasteiger partial charge in [-0.1, -0.05) is 51.8 Å². The van der Waals surface area contributed by atoms with Gasteiger partial charge in [0.1, 0.15) is 0 Å². The third-order valence-electron chi connectivity index (χ3n) is 15.3. The minimum absolute atomic E-state index is 0.138. The van der Waals surface area contributed by atoms with Crippen molar-refractivity contribution in [1.29, 1.82) is 0 Å². The number of benzene rings is 6. The van der Waals surface area contributed by atoms with Crippen molar-refractivity contribution >= 4 is 159 Å². The molecule has 0 aliphatic carbocycles. The van der Waals surface area contributed by atoms with E-state index in [1.165, 1.54) is 62.6 Å². The van der Waals surface area contributed by atoms with Gasteiger partial charge < -0.3 is 19.5 Å². The monoisotopic (exact) mass is 1210 g/mol. The molecule has 1 N–H and O–H groups in total. The number of hydrogen-bond donors (Lipinski definition) is 1. The van der Waals surface area contributed by atoms with Crippen LogP contribution >= 0.6 is 72.9 Å². The lowest BCUT2D eigenvalue weighted by molar-refractivity contribution is -0.127. The summed E-state index contributed by atoms with van der Waals surface area (Å²) in [5.74, 6) is 0.138. The Hall–Kier alpha value is -6.14. The van der Waals surface area contributed by atoms with E-state index < -0.39 is 0 Å². The number of nitrogens with zero attached hydrogens (tertiary/aromatic N) is 5. The largest absolute Gasteiger partial charge is 0.494 e. The number of thiophene rings is 4. The Morgan fingerprint density at radius 2 is 1.07 bits per heavy atom. The molecule has 12 aromatic rings. The van der Waals surface area contributed by atoms with Crippen LogP contribution in [0.5, 0.6) is 0 Å². The first kappa shape index (κ1) is 55.8. The van der Waals surface area contributed by atoms with Crippen LogP contribution in [0.15, 0.2) is 148 Å². The number of hydrogen-bond acceptors (Lipinski definition) is 12. The molecule has 404 valence electrons. The molecule has 6 aromatic heterocycles. The summed E-state index contributed by atoms with van der Waals surface area (Å²) < 4.78 is 18.6. The number of aryl methyl sites for hydroxylation is 4. The van der Waals surface area contributed by atoms with E-state index in [4.69, 9.17) is 20.9 Å². The second-order valence-electron chi connectivity index (χ2n) is 21.5. The minimum Gasteiger partial charge on any atom is -0.399 e. The van der Waals surface area contributed by atoms with Gasteiger partial charge in [0.25, 0.3) is 0 Å². The SMILES string of the molecule is CC(=O)N1CCC(Nc2cc(-c3ccc4scc(C)c4c3)c3nccnc3c2)C1.Cc1csc2ccc(-c3cc(Cl)cc4nccnc34)cc12.Cc1csc2ccc(B3OC(C)(C)C(C)(C)O3)cc12.Cc1csc2ccc(Br)cc12. The van der Waals surface area contributed by atoms with Gasteiger partial charge in [-0.05, 0) is 217 Å². The second-order valence-corrected chi connectivity index (χ2v) is 26.5. The number of halogens is 2. The average Bonchev–Trinajstić information content (AvgIpc) is 4.50. The molecule has 16 heteroatoms. The van der Waals surface area contributed by atoms with Gasteiger partial charge in [0.15, 0.2) is 0 Å². The molecule has 1 atom stereocenters. The lowest BCUT2D eigenvalue weighted by atomic mass is 9.78. The molecule has 2 fully saturated rings. The smallest absolute Gasteiger partial charge is 0.399 e. The lowest BCUT2D eigenvalue weighted by Crippen LogP contribution is -2.41. The van der Waals surface area contributed by atoms with Crippen LogP contribution in [0.25, 0.3) is 84.7 Å². The van der Waals surface area contributed by atoms with Crippen molar-refractivity contribution in [1.82, 2.24) is 24.8 Å². The Morgan fingerprint density at radius 3 is 1.60 bits per heavy atom. The van der Waals surface area contributed by atoms with E-state index >= 15 is 0 Å². The molecule has 9 nitrogen and oxygen atoms in total. The summed E-state index contributed by atoms with van der Waals surface area (Å²) in [5.41, 5.74) is 14.7. The number of nitrogens with one attached hydrogen (secondary N) is 1. The maximum absolute atomic E-state index is 11.7. The number of anilines is 1. The zero-order chi connectivity index (χ0) is 56.0. The Bertz CT molecular complexity index is 4270. The van der Waals surface area contributed by atoms with E-state index in [1.807, 2.05) is 17.0 Å². The molecule has 1 amide bonds. The first-order valence-electron chi connectivity index (χ1n) is 26.5. The second kappa shape index (κ2) is 23.0. The molecule has 80 heavy (non-hydrogen) atoms. The molecule has 0 saturated carbocycles. The van der Waals surface area contributed by atoms with Crippen molar-refractivity contribution in [2.45, 2.75) is 86.0 Å². The molecular formula is C64H59BBrClN6O3S4. The number of rotatable bonds is 5. The zero-order valence-electron chi connectivity index (χ0n) is 46.0. The van der Waals surface area contributed by atoms with Crippen LogP contribution in [0.3, 0.4) is 0 Å². The van der Waals surface area contributed by atoms with Gasteiger partial charge in [-0.2, -0.15) is 0 Å². The number of amides is 1. The fourth-order valence-corrected chi connectivity index (χ4v) is 14.4. The van der Waals surface area contributed by atoms with Crippen LogP contribution in [0.2, 0.25) is 5.02 Å². The van der Waals surface area contributed by atoms with Gasteiger partial charge in [0.05, 0.1) is 33.3 Å². The van der Waals surface area contributed by atoms with Gasteiger partial charge in [-0.25, -0.2) is 0 Å². The lowest BCUT2D eigenvalue weighted by Gasteiger charge is -2.32. The molecule has 0 radical (unpaired) electrons. The summed E-state index contributed by atoms with van der Waals surface area (Å²) in [5, 5.41) is 18.3. The predicted octanol–water partition coefficient (Wildman–Crippen LogP) is 17.8. The molecular weight excluding hydrogens is 1160 g/mol. The molecule has 2 aliphatic rings. The topological polar surface area (TPSA) is 102 Å². The van der Waals surface area contributed by atoms with E-state index in [0.29, 0.717) is 5.02 Å². The molecule has 0 bridgehead atoms. The summed E-state index contributed by atoms with van der Waals surface area (Å²) in [6.07, 6.45) is 7.83. The number of carbonyl (C=O) groups is 1. The van der Waals surface area contributed by atoms with Crippen LogP contribution < -0.4 is 10.8 Å². The molecule has 6 aromatic carbocycles. The average molecular weight is 1210 g/mol. The Kier molecular flexibility index (Phi) is 16.0. The van der Waals surface area contributed by atoms with Crippen LogP contribution in [0, 0.1) is 27.7 Å². The van der Waals surface area contributed by atoms with Crippen molar-refractivity contribution in [2.75, 3.05) is 18.4 Å². The van der Waals surface area contributed by atoms with Crippen LogP contribution in [-0.4, -0.2) is 68.2 Å². The number of fused-ring (bicyclic) bond motifs is 6. The summed E-state index contributed by atoms with van der Waals surface area (Å²) in [4.78, 5) is 31.5. The summed E-state index contributed by atoms with van der Waals surface area (Å²) in [7, 11) is -0.270. The highest BCUT2D eigenvalue weighted by molar-refractivity contribution is 9.10. The van der Waals surface area contributed by atoms with Crippen LogP contribution in [0.1, 0.15) is 63.3 Å². The fraction of sp³-hybridized carbons (Fsp3) is 0.234. The fourth-order valence-electron chi connectivity index (χ4n) is 10.1. The molecule has 2 saturated heterocycles. The maximum Gasteiger partial charge on any atom is 0.494 e.